The molecule has 0 aliphatic carbocycles. The Balaban J connectivity index is 1.77. The summed E-state index contributed by atoms with van der Waals surface area (Å²) in [4.78, 5) is 24.9. The molecule has 0 fully saturated rings. The number of aryl methyl sites for hydroxylation is 1. The summed E-state index contributed by atoms with van der Waals surface area (Å²) in [7, 11) is -1.97. The minimum absolute atomic E-state index is 0.136. The molecule has 1 aliphatic heterocycles. The predicted octanol–water partition coefficient (Wildman–Crippen LogP) is 4.61. The molecule has 1 heterocycles. The van der Waals surface area contributed by atoms with Gasteiger partial charge in [0, 0.05) is 40.7 Å². The third-order valence-corrected chi connectivity index (χ3v) is 7.61. The number of ketones is 1. The molecule has 2 N–H and O–H groups in total. The highest BCUT2D eigenvalue weighted by Gasteiger charge is 2.36. The average Bonchev–Trinajstić information content (AvgIpc) is 2.95. The quantitative estimate of drug-likeness (QED) is 0.458. The third kappa shape index (κ3) is 3.31. The molecule has 0 unspecified atom stereocenters. The Morgan fingerprint density at radius 1 is 0.871 bits per heavy atom. The van der Waals surface area contributed by atoms with Crippen LogP contribution in [0.2, 0.25) is 0 Å². The van der Waals surface area contributed by atoms with Crippen LogP contribution in [0.5, 0.6) is 0 Å². The van der Waals surface area contributed by atoms with E-state index in [1.54, 1.807) is 38.2 Å². The van der Waals surface area contributed by atoms with Gasteiger partial charge in [-0.1, -0.05) is 18.2 Å². The normalized spacial score (nSPS) is 13.3. The number of anilines is 2. The van der Waals surface area contributed by atoms with Gasteiger partial charge in [0.25, 0.3) is 5.91 Å². The van der Waals surface area contributed by atoms with Gasteiger partial charge in [0.1, 0.15) is 0 Å². The fourth-order valence-electron chi connectivity index (χ4n) is 3.96. The SMILES string of the molecule is CNc1ccc2c(c1C)S(=O)(=O)c1cc(NC(=O)c3cccc(C(C)=O)c3)c(C)cc1-2. The van der Waals surface area contributed by atoms with Gasteiger partial charge in [-0.3, -0.25) is 9.59 Å². The number of fused-ring (bicyclic) bond motifs is 3. The second-order valence-corrected chi connectivity index (χ2v) is 9.48. The van der Waals surface area contributed by atoms with Gasteiger partial charge in [-0.2, -0.15) is 0 Å². The highest BCUT2D eigenvalue weighted by molar-refractivity contribution is 7.92. The van der Waals surface area contributed by atoms with E-state index in [-0.39, 0.29) is 10.7 Å². The summed E-state index contributed by atoms with van der Waals surface area (Å²) in [6.45, 7) is 5.04. The van der Waals surface area contributed by atoms with Gasteiger partial charge in [-0.15, -0.1) is 0 Å². The van der Waals surface area contributed by atoms with Crippen LogP contribution in [0, 0.1) is 13.8 Å². The molecular weight excluding hydrogens is 412 g/mol. The summed E-state index contributed by atoms with van der Waals surface area (Å²) in [5.74, 6) is -0.545. The van der Waals surface area contributed by atoms with Gasteiger partial charge < -0.3 is 10.6 Å². The van der Waals surface area contributed by atoms with Crippen LogP contribution in [0.4, 0.5) is 11.4 Å². The second-order valence-electron chi connectivity index (χ2n) is 7.62. The van der Waals surface area contributed by atoms with E-state index in [1.807, 2.05) is 19.1 Å². The molecule has 3 aromatic carbocycles. The van der Waals surface area contributed by atoms with E-state index in [2.05, 4.69) is 10.6 Å². The van der Waals surface area contributed by atoms with E-state index in [0.29, 0.717) is 38.4 Å². The number of nitrogens with one attached hydrogen (secondary N) is 2. The number of carbonyl (C=O) groups is 2. The van der Waals surface area contributed by atoms with E-state index in [1.165, 1.54) is 19.1 Å². The van der Waals surface area contributed by atoms with Crippen molar-refractivity contribution in [1.29, 1.82) is 0 Å². The molecule has 6 nitrogen and oxygen atoms in total. The van der Waals surface area contributed by atoms with Crippen molar-refractivity contribution < 1.29 is 18.0 Å². The number of amides is 1. The third-order valence-electron chi connectivity index (χ3n) is 5.63. The highest BCUT2D eigenvalue weighted by atomic mass is 32.2. The van der Waals surface area contributed by atoms with E-state index in [9.17, 15) is 18.0 Å². The van der Waals surface area contributed by atoms with Crippen LogP contribution in [0.15, 0.2) is 58.3 Å². The molecule has 3 aromatic rings. The molecule has 0 radical (unpaired) electrons. The maximum absolute atomic E-state index is 13.3. The molecule has 158 valence electrons. The van der Waals surface area contributed by atoms with E-state index in [4.69, 9.17) is 0 Å². The molecule has 0 aromatic heterocycles. The number of benzene rings is 3. The summed E-state index contributed by atoms with van der Waals surface area (Å²) in [6.07, 6.45) is 0. The second kappa shape index (κ2) is 7.35. The summed E-state index contributed by atoms with van der Waals surface area (Å²) >= 11 is 0. The number of sulfone groups is 1. The maximum Gasteiger partial charge on any atom is 0.255 e. The molecule has 0 spiro atoms. The Morgan fingerprint density at radius 3 is 2.26 bits per heavy atom. The van der Waals surface area contributed by atoms with Gasteiger partial charge in [0.15, 0.2) is 5.78 Å². The lowest BCUT2D eigenvalue weighted by molar-refractivity contribution is 0.101. The average molecular weight is 435 g/mol. The van der Waals surface area contributed by atoms with Crippen molar-refractivity contribution in [2.75, 3.05) is 17.7 Å². The van der Waals surface area contributed by atoms with Crippen LogP contribution in [0.1, 0.15) is 38.8 Å². The molecule has 0 saturated carbocycles. The topological polar surface area (TPSA) is 92.3 Å². The van der Waals surface area contributed by atoms with Crippen LogP contribution in [0.25, 0.3) is 11.1 Å². The Kier molecular flexibility index (Phi) is 4.94. The smallest absolute Gasteiger partial charge is 0.255 e. The van der Waals surface area contributed by atoms with Gasteiger partial charge in [-0.25, -0.2) is 8.42 Å². The minimum Gasteiger partial charge on any atom is -0.388 e. The van der Waals surface area contributed by atoms with Crippen molar-refractivity contribution in [3.05, 3.63) is 70.8 Å². The molecule has 4 rings (SSSR count). The first-order chi connectivity index (χ1) is 14.6. The lowest BCUT2D eigenvalue weighted by Crippen LogP contribution is -2.14. The van der Waals surface area contributed by atoms with Gasteiger partial charge in [0.05, 0.1) is 9.79 Å². The van der Waals surface area contributed by atoms with Gasteiger partial charge in [0.2, 0.25) is 9.84 Å². The van der Waals surface area contributed by atoms with Crippen molar-refractivity contribution in [2.24, 2.45) is 0 Å². The van der Waals surface area contributed by atoms with E-state index < -0.39 is 15.7 Å². The number of hydrogen-bond donors (Lipinski definition) is 2. The lowest BCUT2D eigenvalue weighted by atomic mass is 10.00. The fraction of sp³-hybridized carbons (Fsp3) is 0.167. The van der Waals surface area contributed by atoms with Crippen molar-refractivity contribution in [3.8, 4) is 11.1 Å². The summed E-state index contributed by atoms with van der Waals surface area (Å²) in [5.41, 5.74) is 4.65. The van der Waals surface area contributed by atoms with Gasteiger partial charge >= 0.3 is 0 Å². The molecule has 31 heavy (non-hydrogen) atoms. The molecule has 1 amide bonds. The molecule has 1 aliphatic rings. The Labute approximate surface area is 181 Å². The first kappa shape index (κ1) is 20.8. The summed E-state index contributed by atoms with van der Waals surface area (Å²) < 4.78 is 26.7. The van der Waals surface area contributed by atoms with Crippen molar-refractivity contribution >= 4 is 32.9 Å². The Bertz CT molecular complexity index is 1370. The molecule has 7 heteroatoms. The van der Waals surface area contributed by atoms with Crippen molar-refractivity contribution in [1.82, 2.24) is 0 Å². The van der Waals surface area contributed by atoms with Crippen LogP contribution < -0.4 is 10.6 Å². The maximum atomic E-state index is 13.3. The molecule has 0 bridgehead atoms. The number of rotatable bonds is 4. The van der Waals surface area contributed by atoms with Crippen LogP contribution in [0.3, 0.4) is 0 Å². The van der Waals surface area contributed by atoms with E-state index in [0.717, 1.165) is 11.3 Å². The first-order valence-electron chi connectivity index (χ1n) is 9.79. The number of Topliss-reactive ketones (excluding diaryl/α,β-unsaturated/α-hetero) is 1. The number of carbonyl (C=O) groups excluding carboxylic acids is 2. The van der Waals surface area contributed by atoms with Crippen LogP contribution >= 0.6 is 0 Å². The monoisotopic (exact) mass is 434 g/mol. The summed E-state index contributed by atoms with van der Waals surface area (Å²) in [6, 6.07) is 13.4. The van der Waals surface area contributed by atoms with Crippen molar-refractivity contribution in [3.63, 3.8) is 0 Å². The molecular formula is C24H22N2O4S. The minimum atomic E-state index is -3.72. The number of hydrogen-bond acceptors (Lipinski definition) is 5. The standard InChI is InChI=1S/C24H22N2O4S/c1-13-10-19-18-8-9-20(25-4)14(2)23(18)31(29,30)22(19)12-21(13)26-24(28)17-7-5-6-16(11-17)15(3)27/h5-12,25H,1-4H3,(H,26,28). The van der Waals surface area contributed by atoms with Crippen LogP contribution in [-0.4, -0.2) is 27.2 Å². The van der Waals surface area contributed by atoms with Gasteiger partial charge in [-0.05, 0) is 62.2 Å². The largest absolute Gasteiger partial charge is 0.388 e. The molecule has 0 atom stereocenters. The first-order valence-corrected chi connectivity index (χ1v) is 11.3. The highest BCUT2D eigenvalue weighted by Crippen LogP contribution is 2.47. The van der Waals surface area contributed by atoms with E-state index >= 15 is 0 Å². The zero-order valence-electron chi connectivity index (χ0n) is 17.7. The zero-order valence-corrected chi connectivity index (χ0v) is 18.5. The zero-order chi connectivity index (χ0) is 22.5. The molecule has 0 saturated heterocycles. The Morgan fingerprint density at radius 2 is 1.58 bits per heavy atom. The van der Waals surface area contributed by atoms with Crippen molar-refractivity contribution in [2.45, 2.75) is 30.6 Å². The summed E-state index contributed by atoms with van der Waals surface area (Å²) in [5, 5.41) is 5.82. The fourth-order valence-corrected chi connectivity index (χ4v) is 5.89. The predicted molar refractivity (Wildman–Crippen MR) is 121 cm³/mol. The van der Waals surface area contributed by atoms with Crippen LogP contribution in [-0.2, 0) is 9.84 Å². The Hall–Kier alpha value is -3.45. The lowest BCUT2D eigenvalue weighted by Gasteiger charge is -2.11.